The van der Waals surface area contributed by atoms with Crippen LogP contribution in [0.5, 0.6) is 28.7 Å². The molecule has 7 rings (SSSR count). The fourth-order valence-corrected chi connectivity index (χ4v) is 7.20. The lowest BCUT2D eigenvalue weighted by Gasteiger charge is -2.32. The zero-order valence-corrected chi connectivity index (χ0v) is 33.5. The van der Waals surface area contributed by atoms with Gasteiger partial charge in [0.2, 0.25) is 0 Å². The van der Waals surface area contributed by atoms with Crippen molar-refractivity contribution in [2.24, 2.45) is 0 Å². The van der Waals surface area contributed by atoms with Crippen LogP contribution in [0.25, 0.3) is 0 Å². The highest BCUT2D eigenvalue weighted by molar-refractivity contribution is 6.10. The molecule has 0 aliphatic heterocycles. The van der Waals surface area contributed by atoms with Crippen molar-refractivity contribution in [2.45, 2.75) is 47.0 Å². The van der Waals surface area contributed by atoms with Gasteiger partial charge in [-0.3, -0.25) is 9.59 Å². The maximum Gasteiger partial charge on any atom is 0.193 e. The molecule has 0 radical (unpaired) electrons. The summed E-state index contributed by atoms with van der Waals surface area (Å²) >= 11 is 0. The van der Waals surface area contributed by atoms with Crippen molar-refractivity contribution in [3.63, 3.8) is 0 Å². The smallest absolute Gasteiger partial charge is 0.193 e. The summed E-state index contributed by atoms with van der Waals surface area (Å²) in [5.41, 5.74) is 10.4. The normalized spacial score (nSPS) is 12.1. The lowest BCUT2D eigenvalue weighted by atomic mass is 9.71. The van der Waals surface area contributed by atoms with Crippen LogP contribution in [0.1, 0.15) is 83.3 Å². The second kappa shape index (κ2) is 16.2. The number of ketones is 2. The van der Waals surface area contributed by atoms with Crippen LogP contribution in [-0.2, 0) is 5.41 Å². The van der Waals surface area contributed by atoms with Gasteiger partial charge in [-0.1, -0.05) is 72.3 Å². The summed E-state index contributed by atoms with van der Waals surface area (Å²) in [5.74, 6) is 3.53. The fourth-order valence-electron chi connectivity index (χ4n) is 7.20. The Morgan fingerprint density at radius 3 is 1.23 bits per heavy atom. The number of hydrogen-bond acceptors (Lipinski definition) is 5. The summed E-state index contributed by atoms with van der Waals surface area (Å²) in [6.07, 6.45) is 0. The highest BCUT2D eigenvalue weighted by Crippen LogP contribution is 2.41. The first-order valence-electron chi connectivity index (χ1n) is 19.1. The van der Waals surface area contributed by atoms with E-state index in [9.17, 15) is 9.59 Å². The van der Waals surface area contributed by atoms with Crippen molar-refractivity contribution in [2.75, 3.05) is 7.11 Å². The van der Waals surface area contributed by atoms with E-state index >= 15 is 0 Å². The largest absolute Gasteiger partial charge is 0.497 e. The number of carbonyl (C=O) groups excluding carboxylic acids is 2. The molecule has 0 saturated carbocycles. The predicted molar refractivity (Wildman–Crippen MR) is 228 cm³/mol. The van der Waals surface area contributed by atoms with Gasteiger partial charge in [-0.15, -0.1) is 0 Å². The third kappa shape index (κ3) is 8.15. The standard InChI is InChI=1S/C52H46O5/c1-33-9-8-10-38(29-33)50(53)40-13-27-48(36(4)31-40)56-46-23-17-43(18-24-46)52(6,42-15-21-45(55-7)22-16-42)44-19-25-47(26-20-44)57-49-28-14-41(32-37(49)5)51(54)39-12-11-34(2)35(3)30-39/h8-32H,1-7H3. The Balaban J connectivity index is 1.12. The van der Waals surface area contributed by atoms with Crippen LogP contribution < -0.4 is 14.2 Å². The first-order chi connectivity index (χ1) is 27.4. The highest BCUT2D eigenvalue weighted by atomic mass is 16.5. The van der Waals surface area contributed by atoms with E-state index in [0.29, 0.717) is 45.3 Å². The Labute approximate surface area is 335 Å². The molecule has 0 fully saturated rings. The number of ether oxygens (including phenoxy) is 3. The molecule has 0 bridgehead atoms. The molecule has 0 spiro atoms. The van der Waals surface area contributed by atoms with Gasteiger partial charge < -0.3 is 14.2 Å². The molecule has 0 heterocycles. The molecule has 0 amide bonds. The lowest BCUT2D eigenvalue weighted by Crippen LogP contribution is -2.25. The summed E-state index contributed by atoms with van der Waals surface area (Å²) in [5, 5.41) is 0. The van der Waals surface area contributed by atoms with Crippen molar-refractivity contribution >= 4 is 11.6 Å². The quantitative estimate of drug-likeness (QED) is 0.0919. The molecule has 0 saturated heterocycles. The van der Waals surface area contributed by atoms with E-state index in [2.05, 4.69) is 43.3 Å². The molecule has 1 atom stereocenters. The molecule has 0 aromatic heterocycles. The van der Waals surface area contributed by atoms with Gasteiger partial charge in [0.15, 0.2) is 11.6 Å². The summed E-state index contributed by atoms with van der Waals surface area (Å²) in [6.45, 7) is 12.2. The van der Waals surface area contributed by atoms with E-state index < -0.39 is 5.41 Å². The maximum atomic E-state index is 13.3. The minimum absolute atomic E-state index is 0.00874. The summed E-state index contributed by atoms with van der Waals surface area (Å²) in [7, 11) is 1.67. The molecule has 57 heavy (non-hydrogen) atoms. The molecule has 7 aromatic carbocycles. The van der Waals surface area contributed by atoms with Gasteiger partial charge in [-0.25, -0.2) is 0 Å². The third-order valence-corrected chi connectivity index (χ3v) is 10.9. The minimum atomic E-state index is -0.538. The van der Waals surface area contributed by atoms with Gasteiger partial charge in [0.05, 0.1) is 7.11 Å². The SMILES string of the molecule is COc1ccc(C(C)(c2ccc(Oc3ccc(C(=O)c4cccc(C)c4)cc3C)cc2)c2ccc(Oc3ccc(C(=O)c4ccc(C)c(C)c4)cc3C)cc2)cc1. The Kier molecular flexibility index (Phi) is 10.9. The van der Waals surface area contributed by atoms with Crippen LogP contribution in [-0.4, -0.2) is 18.7 Å². The number of rotatable bonds is 12. The van der Waals surface area contributed by atoms with Gasteiger partial charge in [0.25, 0.3) is 0 Å². The molecule has 0 aliphatic carbocycles. The van der Waals surface area contributed by atoms with Crippen LogP contribution in [0.2, 0.25) is 0 Å². The van der Waals surface area contributed by atoms with Crippen molar-refractivity contribution in [3.8, 4) is 28.7 Å². The van der Waals surface area contributed by atoms with E-state index in [0.717, 1.165) is 50.3 Å². The molecule has 7 aromatic rings. The Bertz CT molecular complexity index is 2580. The van der Waals surface area contributed by atoms with Crippen LogP contribution in [0.15, 0.2) is 152 Å². The second-order valence-corrected chi connectivity index (χ2v) is 14.9. The zero-order chi connectivity index (χ0) is 40.3. The van der Waals surface area contributed by atoms with Gasteiger partial charge in [0.1, 0.15) is 28.7 Å². The first-order valence-corrected chi connectivity index (χ1v) is 19.1. The van der Waals surface area contributed by atoms with Crippen LogP contribution in [0.3, 0.4) is 0 Å². The van der Waals surface area contributed by atoms with Crippen LogP contribution in [0.4, 0.5) is 0 Å². The number of methoxy groups -OCH3 is 1. The molecule has 1 unspecified atom stereocenters. The van der Waals surface area contributed by atoms with Gasteiger partial charge in [-0.05, 0) is 165 Å². The topological polar surface area (TPSA) is 61.8 Å². The van der Waals surface area contributed by atoms with Crippen molar-refractivity contribution in [1.82, 2.24) is 0 Å². The van der Waals surface area contributed by atoms with E-state index in [4.69, 9.17) is 14.2 Å². The monoisotopic (exact) mass is 750 g/mol. The molecule has 284 valence electrons. The molecule has 0 N–H and O–H groups in total. The molecule has 0 aliphatic rings. The number of carbonyl (C=O) groups is 2. The van der Waals surface area contributed by atoms with Gasteiger partial charge in [0, 0.05) is 27.7 Å². The number of benzene rings is 7. The summed E-state index contributed by atoms with van der Waals surface area (Å²) < 4.78 is 18.2. The number of hydrogen-bond donors (Lipinski definition) is 0. The Hall–Kier alpha value is -6.72. The second-order valence-electron chi connectivity index (χ2n) is 14.9. The van der Waals surface area contributed by atoms with E-state index in [1.165, 1.54) is 0 Å². The first kappa shape index (κ1) is 38.6. The van der Waals surface area contributed by atoms with Crippen LogP contribution in [0, 0.1) is 34.6 Å². The average molecular weight is 751 g/mol. The van der Waals surface area contributed by atoms with E-state index in [1.807, 2.05) is 150 Å². The van der Waals surface area contributed by atoms with Crippen molar-refractivity contribution in [3.05, 3.63) is 218 Å². The highest BCUT2D eigenvalue weighted by Gasteiger charge is 2.31. The molecular weight excluding hydrogens is 705 g/mol. The average Bonchev–Trinajstić information content (AvgIpc) is 3.23. The summed E-state index contributed by atoms with van der Waals surface area (Å²) in [4.78, 5) is 26.4. The minimum Gasteiger partial charge on any atom is -0.497 e. The molecule has 5 heteroatoms. The maximum absolute atomic E-state index is 13.3. The van der Waals surface area contributed by atoms with E-state index in [1.54, 1.807) is 7.11 Å². The van der Waals surface area contributed by atoms with Gasteiger partial charge in [-0.2, -0.15) is 0 Å². The molecule has 5 nitrogen and oxygen atoms in total. The van der Waals surface area contributed by atoms with Gasteiger partial charge >= 0.3 is 0 Å². The van der Waals surface area contributed by atoms with Crippen LogP contribution >= 0.6 is 0 Å². The Morgan fingerprint density at radius 1 is 0.421 bits per heavy atom. The fraction of sp³-hybridized carbons (Fsp3) is 0.154. The molecular formula is C52H46O5. The van der Waals surface area contributed by atoms with E-state index in [-0.39, 0.29) is 11.6 Å². The third-order valence-electron chi connectivity index (χ3n) is 10.9. The predicted octanol–water partition coefficient (Wildman–Crippen LogP) is 12.6. The number of aryl methyl sites for hydroxylation is 5. The van der Waals surface area contributed by atoms with Crippen molar-refractivity contribution < 1.29 is 23.8 Å². The lowest BCUT2D eigenvalue weighted by molar-refractivity contribution is 0.103. The zero-order valence-electron chi connectivity index (χ0n) is 33.5. The van der Waals surface area contributed by atoms with Crippen molar-refractivity contribution in [1.29, 1.82) is 0 Å². The Morgan fingerprint density at radius 2 is 0.825 bits per heavy atom. The summed E-state index contributed by atoms with van der Waals surface area (Å²) in [6, 6.07) is 49.1.